The summed E-state index contributed by atoms with van der Waals surface area (Å²) in [6.07, 6.45) is 7.66. The molecular formula is C19H16Cl3SiV. The molecule has 1 unspecified atom stereocenters. The van der Waals surface area contributed by atoms with Crippen LogP contribution >= 0.6 is 11.1 Å². The maximum Gasteiger partial charge on any atom is 2.00 e. The fraction of sp³-hybridized carbons (Fsp3) is 0.158. The van der Waals surface area contributed by atoms with E-state index in [0.717, 1.165) is 6.42 Å². The molecule has 2 aliphatic rings. The van der Waals surface area contributed by atoms with Crippen LogP contribution in [0.3, 0.4) is 0 Å². The minimum Gasteiger partial charge on any atom is -1.00 e. The second kappa shape index (κ2) is 8.80. The van der Waals surface area contributed by atoms with E-state index in [2.05, 4.69) is 67.2 Å². The predicted octanol–water partition coefficient (Wildman–Crippen LogP) is -0.453. The van der Waals surface area contributed by atoms with Gasteiger partial charge in [-0.3, -0.25) is 0 Å². The van der Waals surface area contributed by atoms with Crippen molar-refractivity contribution < 1.29 is 43.4 Å². The van der Waals surface area contributed by atoms with Gasteiger partial charge >= 0.3 is 18.6 Å². The largest absolute Gasteiger partial charge is 2.00 e. The van der Waals surface area contributed by atoms with Crippen LogP contribution in [0, 0.1) is 0 Å². The maximum atomic E-state index is 6.68. The van der Waals surface area contributed by atoms with Crippen molar-refractivity contribution in [2.45, 2.75) is 18.5 Å². The van der Waals surface area contributed by atoms with Gasteiger partial charge in [-0.15, -0.1) is 0 Å². The van der Waals surface area contributed by atoms with Crippen LogP contribution in [0.25, 0.3) is 16.7 Å². The predicted molar refractivity (Wildman–Crippen MR) is 92.9 cm³/mol. The molecule has 2 aromatic rings. The molecule has 0 aliphatic heterocycles. The Labute approximate surface area is 174 Å². The van der Waals surface area contributed by atoms with Gasteiger partial charge in [-0.25, -0.2) is 0 Å². The first-order valence-corrected chi connectivity index (χ1v) is 10.4. The van der Waals surface area contributed by atoms with E-state index in [1.54, 1.807) is 0 Å². The minimum atomic E-state index is -0.962. The SMILES string of the molecule is C[Si](Cl)C1c2ccccc2-c2cccc(C3=CC=CC3)c21.[Cl-].[Cl-].[V+2]. The molecule has 0 bridgehead atoms. The maximum absolute atomic E-state index is 6.68. The van der Waals surface area contributed by atoms with Crippen LogP contribution in [0.5, 0.6) is 0 Å². The first kappa shape index (κ1) is 21.6. The fourth-order valence-corrected chi connectivity index (χ4v) is 5.67. The molecule has 0 saturated carbocycles. The van der Waals surface area contributed by atoms with Crippen molar-refractivity contribution in [1.29, 1.82) is 0 Å². The van der Waals surface area contributed by atoms with Gasteiger partial charge in [0.25, 0.3) is 0 Å². The molecule has 0 spiro atoms. The van der Waals surface area contributed by atoms with Gasteiger partial charge in [0.2, 0.25) is 0 Å². The molecule has 5 heteroatoms. The van der Waals surface area contributed by atoms with Gasteiger partial charge in [0.15, 0.2) is 8.11 Å². The average molecular weight is 430 g/mol. The molecule has 0 fully saturated rings. The number of hydrogen-bond acceptors (Lipinski definition) is 0. The van der Waals surface area contributed by atoms with Gasteiger partial charge in [0.05, 0.1) is 0 Å². The first-order valence-electron chi connectivity index (χ1n) is 7.34. The minimum absolute atomic E-state index is 0. The van der Waals surface area contributed by atoms with Crippen molar-refractivity contribution >= 4 is 24.8 Å². The van der Waals surface area contributed by atoms with E-state index in [-0.39, 0.29) is 43.4 Å². The summed E-state index contributed by atoms with van der Waals surface area (Å²) < 4.78 is 0. The number of fused-ring (bicyclic) bond motifs is 3. The smallest absolute Gasteiger partial charge is 1.00 e. The van der Waals surface area contributed by atoms with Crippen molar-refractivity contribution in [2.75, 3.05) is 0 Å². The van der Waals surface area contributed by atoms with Gasteiger partial charge in [-0.2, -0.15) is 11.1 Å². The van der Waals surface area contributed by atoms with E-state index in [1.807, 2.05) is 0 Å². The molecule has 0 heterocycles. The van der Waals surface area contributed by atoms with Gasteiger partial charge in [0, 0.05) is 5.54 Å². The van der Waals surface area contributed by atoms with Gasteiger partial charge < -0.3 is 24.8 Å². The Hall–Kier alpha value is -0.409. The number of rotatable bonds is 2. The van der Waals surface area contributed by atoms with Crippen molar-refractivity contribution in [3.63, 3.8) is 0 Å². The number of hydrogen-bond donors (Lipinski definition) is 0. The molecule has 0 N–H and O–H groups in total. The van der Waals surface area contributed by atoms with Crippen LogP contribution in [-0.2, 0) is 18.6 Å². The van der Waals surface area contributed by atoms with E-state index in [4.69, 9.17) is 11.1 Å². The summed E-state index contributed by atoms with van der Waals surface area (Å²) in [7, 11) is -0.962. The third kappa shape index (κ3) is 3.44. The topological polar surface area (TPSA) is 0 Å². The van der Waals surface area contributed by atoms with Crippen LogP contribution in [0.4, 0.5) is 0 Å². The Bertz CT molecular complexity index is 784. The third-order valence-electron chi connectivity index (χ3n) is 4.47. The van der Waals surface area contributed by atoms with Crippen LogP contribution in [-0.4, -0.2) is 8.11 Å². The molecule has 2 aromatic carbocycles. The van der Waals surface area contributed by atoms with E-state index in [9.17, 15) is 0 Å². The zero-order valence-corrected chi connectivity index (χ0v) is 17.8. The first-order chi connectivity index (χ1) is 10.3. The molecule has 0 saturated heterocycles. The molecular weight excluding hydrogens is 414 g/mol. The van der Waals surface area contributed by atoms with Crippen LogP contribution < -0.4 is 24.8 Å². The van der Waals surface area contributed by atoms with E-state index < -0.39 is 8.11 Å². The fourth-order valence-electron chi connectivity index (χ4n) is 3.60. The molecule has 1 atom stereocenters. The Kier molecular flexibility index (Phi) is 7.93. The molecule has 2 radical (unpaired) electrons. The van der Waals surface area contributed by atoms with Gasteiger partial charge in [-0.05, 0) is 39.8 Å². The summed E-state index contributed by atoms with van der Waals surface area (Å²) in [6.45, 7) is 2.21. The number of allylic oxidation sites excluding steroid dienone is 4. The normalized spacial score (nSPS) is 16.5. The van der Waals surface area contributed by atoms with Crippen molar-refractivity contribution in [1.82, 2.24) is 0 Å². The summed E-state index contributed by atoms with van der Waals surface area (Å²) in [5.74, 6) is 0. The van der Waals surface area contributed by atoms with Crippen molar-refractivity contribution in [3.8, 4) is 11.1 Å². The van der Waals surface area contributed by atoms with E-state index >= 15 is 0 Å². The van der Waals surface area contributed by atoms with Crippen LogP contribution in [0.15, 0.2) is 60.7 Å². The zero-order chi connectivity index (χ0) is 14.4. The second-order valence-electron chi connectivity index (χ2n) is 5.70. The molecule has 122 valence electrons. The Morgan fingerprint density at radius 2 is 1.62 bits per heavy atom. The van der Waals surface area contributed by atoms with E-state index in [0.29, 0.717) is 5.54 Å². The average Bonchev–Trinajstić information content (AvgIpc) is 3.12. The second-order valence-corrected chi connectivity index (χ2v) is 9.24. The monoisotopic (exact) mass is 428 g/mol. The van der Waals surface area contributed by atoms with Crippen molar-refractivity contribution in [3.05, 3.63) is 77.4 Å². The van der Waals surface area contributed by atoms with Gasteiger partial charge in [-0.1, -0.05) is 67.2 Å². The number of halogens is 3. The summed E-state index contributed by atoms with van der Waals surface area (Å²) in [5, 5.41) is 0. The van der Waals surface area contributed by atoms with E-state index in [1.165, 1.54) is 33.4 Å². The van der Waals surface area contributed by atoms with Crippen LogP contribution in [0.1, 0.15) is 28.7 Å². The molecule has 0 aromatic heterocycles. The molecule has 0 nitrogen and oxygen atoms in total. The summed E-state index contributed by atoms with van der Waals surface area (Å²) >= 11 is 6.68. The number of benzene rings is 2. The summed E-state index contributed by atoms with van der Waals surface area (Å²) in [5.41, 5.74) is 8.83. The summed E-state index contributed by atoms with van der Waals surface area (Å²) in [4.78, 5) is 0. The molecule has 24 heavy (non-hydrogen) atoms. The molecule has 0 amide bonds. The van der Waals surface area contributed by atoms with Crippen molar-refractivity contribution in [2.24, 2.45) is 0 Å². The zero-order valence-electron chi connectivity index (χ0n) is 13.1. The Morgan fingerprint density at radius 3 is 2.29 bits per heavy atom. The molecule has 2 aliphatic carbocycles. The Morgan fingerprint density at radius 1 is 0.958 bits per heavy atom. The summed E-state index contributed by atoms with van der Waals surface area (Å²) in [6, 6.07) is 15.5. The van der Waals surface area contributed by atoms with Gasteiger partial charge in [0.1, 0.15) is 0 Å². The quantitative estimate of drug-likeness (QED) is 0.448. The van der Waals surface area contributed by atoms with Crippen LogP contribution in [0.2, 0.25) is 6.55 Å². The standard InChI is InChI=1S/C19H16ClSi.2ClH.V/c1-21(20)19-17-10-5-4-9-15(17)16-12-6-11-14(18(16)19)13-7-2-3-8-13;;;/h2-7,9-12,19H,8H2,1H3;2*1H;/q;;;+2/p-2. The Balaban J connectivity index is 0.000000960. The molecule has 4 rings (SSSR count). The third-order valence-corrected chi connectivity index (χ3v) is 6.52.